The van der Waals surface area contributed by atoms with Gasteiger partial charge in [0.15, 0.2) is 5.52 Å². The third-order valence-corrected chi connectivity index (χ3v) is 5.08. The summed E-state index contributed by atoms with van der Waals surface area (Å²) < 4.78 is 5.90. The van der Waals surface area contributed by atoms with Crippen molar-refractivity contribution in [2.24, 2.45) is 0 Å². The van der Waals surface area contributed by atoms with Gasteiger partial charge in [-0.15, -0.1) is 0 Å². The smallest absolute Gasteiger partial charge is 0.186 e. The van der Waals surface area contributed by atoms with Gasteiger partial charge in [-0.1, -0.05) is 23.8 Å². The molecule has 4 heteroatoms. The summed E-state index contributed by atoms with van der Waals surface area (Å²) in [5.41, 5.74) is 5.29. The van der Waals surface area contributed by atoms with Crippen molar-refractivity contribution in [3.63, 3.8) is 0 Å². The standard InChI is InChI=1S/C21H27O2P.Li/c1-13-10-15(3)19(16(4)11-13)20(22)24-18-9-8-17(12-14(18)2)23-21(5,6)7;/h8-12,24H,1-7H3;. The second kappa shape index (κ2) is 8.55. The molecule has 25 heavy (non-hydrogen) atoms. The Morgan fingerprint density at radius 3 is 1.96 bits per heavy atom. The summed E-state index contributed by atoms with van der Waals surface area (Å²) in [4.78, 5) is 12.8. The average molecular weight is 349 g/mol. The minimum Gasteiger partial charge on any atom is -0.488 e. The fourth-order valence-corrected chi connectivity index (χ4v) is 4.12. The Kier molecular flexibility index (Phi) is 7.51. The molecule has 0 bridgehead atoms. The van der Waals surface area contributed by atoms with E-state index in [-0.39, 0.29) is 38.6 Å². The van der Waals surface area contributed by atoms with Crippen molar-refractivity contribution in [3.05, 3.63) is 58.1 Å². The van der Waals surface area contributed by atoms with Gasteiger partial charge < -0.3 is 4.74 Å². The molecule has 2 aromatic carbocycles. The summed E-state index contributed by atoms with van der Waals surface area (Å²) in [7, 11) is 0.134. The third kappa shape index (κ3) is 6.00. The van der Waals surface area contributed by atoms with Gasteiger partial charge in [-0.25, -0.2) is 0 Å². The fourth-order valence-electron chi connectivity index (χ4n) is 2.92. The number of benzene rings is 2. The third-order valence-electron chi connectivity index (χ3n) is 3.77. The molecule has 1 radical (unpaired) electrons. The molecule has 0 aliphatic carbocycles. The van der Waals surface area contributed by atoms with E-state index in [0.29, 0.717) is 0 Å². The molecular formula is C21H27LiO2P. The molecule has 0 amide bonds. The molecular weight excluding hydrogens is 322 g/mol. The Bertz CT molecular complexity index is 753. The van der Waals surface area contributed by atoms with Crippen LogP contribution in [0, 0.1) is 27.7 Å². The van der Waals surface area contributed by atoms with E-state index in [1.807, 2.05) is 59.7 Å². The zero-order valence-corrected chi connectivity index (χ0v) is 17.7. The number of carbonyl (C=O) groups excluding carboxylic acids is 1. The van der Waals surface area contributed by atoms with Gasteiger partial charge in [0.2, 0.25) is 0 Å². The molecule has 0 saturated heterocycles. The van der Waals surface area contributed by atoms with Crippen LogP contribution >= 0.6 is 8.58 Å². The van der Waals surface area contributed by atoms with Crippen molar-refractivity contribution in [1.82, 2.24) is 0 Å². The van der Waals surface area contributed by atoms with Gasteiger partial charge >= 0.3 is 0 Å². The second-order valence-electron chi connectivity index (χ2n) is 7.42. The Morgan fingerprint density at radius 2 is 1.48 bits per heavy atom. The van der Waals surface area contributed by atoms with E-state index in [2.05, 4.69) is 19.1 Å². The van der Waals surface area contributed by atoms with Crippen LogP contribution in [0.25, 0.3) is 0 Å². The zero-order valence-electron chi connectivity index (χ0n) is 16.7. The molecule has 2 rings (SSSR count). The summed E-state index contributed by atoms with van der Waals surface area (Å²) in [6, 6.07) is 10.2. The summed E-state index contributed by atoms with van der Waals surface area (Å²) in [5.74, 6) is 0.851. The van der Waals surface area contributed by atoms with Crippen molar-refractivity contribution in [1.29, 1.82) is 0 Å². The molecule has 1 unspecified atom stereocenters. The van der Waals surface area contributed by atoms with Gasteiger partial charge in [0.05, 0.1) is 0 Å². The molecule has 1 atom stereocenters. The average Bonchev–Trinajstić information content (AvgIpc) is 2.38. The maximum Gasteiger partial charge on any atom is 0.186 e. The molecule has 129 valence electrons. The van der Waals surface area contributed by atoms with E-state index in [1.54, 1.807) is 0 Å². The van der Waals surface area contributed by atoms with Crippen LogP contribution in [0.15, 0.2) is 30.3 Å². The zero-order chi connectivity index (χ0) is 18.1. The van der Waals surface area contributed by atoms with Crippen molar-refractivity contribution in [3.8, 4) is 5.75 Å². The molecule has 0 heterocycles. The van der Waals surface area contributed by atoms with Gasteiger partial charge in [0.1, 0.15) is 11.4 Å². The first-order valence-corrected chi connectivity index (χ1v) is 9.26. The normalized spacial score (nSPS) is 11.5. The molecule has 0 aliphatic heterocycles. The van der Waals surface area contributed by atoms with E-state index in [9.17, 15) is 4.79 Å². The van der Waals surface area contributed by atoms with Crippen molar-refractivity contribution in [2.45, 2.75) is 54.1 Å². The van der Waals surface area contributed by atoms with E-state index in [4.69, 9.17) is 4.74 Å². The number of hydrogen-bond donors (Lipinski definition) is 0. The first kappa shape index (κ1) is 22.0. The topological polar surface area (TPSA) is 26.3 Å². The quantitative estimate of drug-likeness (QED) is 0.582. The molecule has 0 fully saturated rings. The Morgan fingerprint density at radius 1 is 0.920 bits per heavy atom. The van der Waals surface area contributed by atoms with Gasteiger partial charge in [0.25, 0.3) is 0 Å². The van der Waals surface area contributed by atoms with E-state index >= 15 is 0 Å². The Hall–Kier alpha value is -1.06. The monoisotopic (exact) mass is 349 g/mol. The van der Waals surface area contributed by atoms with Crippen molar-refractivity contribution >= 4 is 38.3 Å². The van der Waals surface area contributed by atoms with E-state index < -0.39 is 0 Å². The maximum absolute atomic E-state index is 12.8. The van der Waals surface area contributed by atoms with Crippen LogP contribution in [-0.4, -0.2) is 30.0 Å². The summed E-state index contributed by atoms with van der Waals surface area (Å²) in [6.07, 6.45) is 0. The molecule has 0 N–H and O–H groups in total. The molecule has 2 aromatic rings. The minimum atomic E-state index is -0.220. The van der Waals surface area contributed by atoms with Crippen molar-refractivity contribution < 1.29 is 9.53 Å². The molecule has 0 aromatic heterocycles. The predicted octanol–water partition coefficient (Wildman–Crippen LogP) is 4.86. The van der Waals surface area contributed by atoms with E-state index in [1.165, 1.54) is 5.56 Å². The van der Waals surface area contributed by atoms with Crippen LogP contribution in [0.1, 0.15) is 53.4 Å². The predicted molar refractivity (Wildman–Crippen MR) is 110 cm³/mol. The molecule has 0 saturated carbocycles. The number of ether oxygens (including phenoxy) is 1. The van der Waals surface area contributed by atoms with Crippen LogP contribution in [-0.2, 0) is 0 Å². The summed E-state index contributed by atoms with van der Waals surface area (Å²) >= 11 is 0. The first-order chi connectivity index (χ1) is 11.1. The van der Waals surface area contributed by atoms with Crippen LogP contribution in [0.5, 0.6) is 5.75 Å². The Balaban J connectivity index is 0.00000312. The van der Waals surface area contributed by atoms with Crippen LogP contribution in [0.4, 0.5) is 0 Å². The summed E-state index contributed by atoms with van der Waals surface area (Å²) in [5, 5.41) is 1.08. The number of rotatable bonds is 4. The van der Waals surface area contributed by atoms with Gasteiger partial charge in [0, 0.05) is 24.4 Å². The van der Waals surface area contributed by atoms with Crippen LogP contribution in [0.2, 0.25) is 0 Å². The minimum absolute atomic E-state index is 0. The maximum atomic E-state index is 12.8. The number of hydrogen-bond acceptors (Lipinski definition) is 2. The molecule has 2 nitrogen and oxygen atoms in total. The number of aryl methyl sites for hydroxylation is 4. The first-order valence-electron chi connectivity index (χ1n) is 8.26. The van der Waals surface area contributed by atoms with Gasteiger partial charge in [-0.3, -0.25) is 4.79 Å². The molecule has 0 aliphatic rings. The van der Waals surface area contributed by atoms with Crippen LogP contribution in [0.3, 0.4) is 0 Å². The number of carbonyl (C=O) groups is 1. The van der Waals surface area contributed by atoms with E-state index in [0.717, 1.165) is 33.3 Å². The van der Waals surface area contributed by atoms with Gasteiger partial charge in [-0.05, 0) is 91.2 Å². The van der Waals surface area contributed by atoms with Crippen molar-refractivity contribution in [2.75, 3.05) is 0 Å². The fraction of sp³-hybridized carbons (Fsp3) is 0.381. The SMILES string of the molecule is Cc1cc(C)c(C(=O)Pc2ccc(OC(C)(C)C)cc2C)c(C)c1.[Li]. The Labute approximate surface area is 165 Å². The molecule has 0 spiro atoms. The van der Waals surface area contributed by atoms with Gasteiger partial charge in [-0.2, -0.15) is 0 Å². The summed E-state index contributed by atoms with van der Waals surface area (Å²) in [6.45, 7) is 14.2. The second-order valence-corrected chi connectivity index (χ2v) is 8.66. The largest absolute Gasteiger partial charge is 0.488 e. The van der Waals surface area contributed by atoms with Crippen LogP contribution < -0.4 is 10.0 Å².